The fraction of sp³-hybridized carbons (Fsp3) is 0.615. The van der Waals surface area contributed by atoms with E-state index in [0.717, 1.165) is 0 Å². The molecule has 0 radical (unpaired) electrons. The molecule has 0 aromatic rings. The second-order valence-electron chi connectivity index (χ2n) is 5.13. The number of hydrogen-bond donors (Lipinski definition) is 1. The van der Waals surface area contributed by atoms with E-state index in [1.54, 1.807) is 13.0 Å². The number of alkyl halides is 1. The van der Waals surface area contributed by atoms with Crippen LogP contribution >= 0.6 is 0 Å². The Morgan fingerprint density at radius 2 is 2.17 bits per heavy atom. The molecular weight excluding hydrogens is 313 g/mol. The van der Waals surface area contributed by atoms with Gasteiger partial charge < -0.3 is 20.1 Å². The lowest BCUT2D eigenvalue weighted by atomic mass is 10.0. The number of ether oxygens (including phenoxy) is 2. The van der Waals surface area contributed by atoms with Gasteiger partial charge in [0.25, 0.3) is 0 Å². The number of esters is 1. The minimum Gasteiger partial charge on any atom is -0.459 e. The van der Waals surface area contributed by atoms with E-state index in [9.17, 15) is 18.8 Å². The second kappa shape index (κ2) is 6.92. The van der Waals surface area contributed by atoms with Gasteiger partial charge in [-0.05, 0) is 12.5 Å². The number of fused-ring (bicyclic) bond motifs is 2. The summed E-state index contributed by atoms with van der Waals surface area (Å²) in [5.74, 6) is -1.96. The summed E-state index contributed by atoms with van der Waals surface area (Å²) in [6, 6.07) is -2.25. The Kier molecular flexibility index (Phi) is 5.16. The molecule has 10 heteroatoms. The van der Waals surface area contributed by atoms with E-state index in [0.29, 0.717) is 10.6 Å². The first-order chi connectivity index (χ1) is 10.9. The van der Waals surface area contributed by atoms with Gasteiger partial charge in [-0.25, -0.2) is 18.8 Å². The quantitative estimate of drug-likeness (QED) is 0.376. The highest BCUT2D eigenvalue weighted by Gasteiger charge is 2.48. The molecular formula is C13H18FN3O6. The largest absolute Gasteiger partial charge is 0.459 e. The van der Waals surface area contributed by atoms with Crippen LogP contribution in [0, 0.1) is 0 Å². The van der Waals surface area contributed by atoms with Crippen LogP contribution in [0.5, 0.6) is 0 Å². The number of rotatable bonds is 7. The topological polar surface area (TPSA) is 111 Å². The summed E-state index contributed by atoms with van der Waals surface area (Å²) in [5.41, 5.74) is 5.84. The van der Waals surface area contributed by atoms with Crippen LogP contribution < -0.4 is 5.73 Å². The van der Waals surface area contributed by atoms with Crippen molar-refractivity contribution < 1.29 is 33.1 Å². The molecule has 1 fully saturated rings. The first-order valence-corrected chi connectivity index (χ1v) is 6.90. The molecule has 2 rings (SSSR count). The molecule has 0 saturated carbocycles. The van der Waals surface area contributed by atoms with Gasteiger partial charge in [0.1, 0.15) is 12.6 Å². The molecule has 9 nitrogen and oxygen atoms in total. The van der Waals surface area contributed by atoms with Crippen LogP contribution in [0.3, 0.4) is 0 Å². The Morgan fingerprint density at radius 1 is 1.48 bits per heavy atom. The molecule has 0 unspecified atom stereocenters. The van der Waals surface area contributed by atoms with Crippen molar-refractivity contribution >= 4 is 17.9 Å². The number of nitrogens with two attached hydrogens (primary N) is 1. The van der Waals surface area contributed by atoms with Gasteiger partial charge in [0, 0.05) is 7.11 Å². The first-order valence-electron chi connectivity index (χ1n) is 6.90. The molecule has 0 aliphatic carbocycles. The van der Waals surface area contributed by atoms with E-state index in [-0.39, 0.29) is 19.8 Å². The van der Waals surface area contributed by atoms with E-state index in [2.05, 4.69) is 9.47 Å². The highest BCUT2D eigenvalue weighted by molar-refractivity contribution is 5.90. The number of methoxy groups -OCH3 is 1. The third-order valence-corrected chi connectivity index (χ3v) is 3.51. The normalized spacial score (nSPS) is 24.5. The highest BCUT2D eigenvalue weighted by Crippen LogP contribution is 2.29. The molecule has 128 valence electrons. The van der Waals surface area contributed by atoms with Gasteiger partial charge in [-0.15, -0.1) is 0 Å². The van der Waals surface area contributed by atoms with E-state index in [1.807, 2.05) is 0 Å². The summed E-state index contributed by atoms with van der Waals surface area (Å²) in [7, 11) is 1.40. The van der Waals surface area contributed by atoms with E-state index < -0.39 is 36.3 Å². The van der Waals surface area contributed by atoms with E-state index >= 15 is 0 Å². The fourth-order valence-electron chi connectivity index (χ4n) is 2.53. The van der Waals surface area contributed by atoms with Crippen molar-refractivity contribution in [3.05, 3.63) is 11.6 Å². The third kappa shape index (κ3) is 3.42. The molecule has 3 amide bonds. The number of carbonyl (C=O) groups excluding carboxylic acids is 3. The standard InChI is InChI=1S/C13H18FN3O6/c1-7-5-8-6-16(9(7)11(15)18)13(20)17(8)23-10(14)12(19)22-4-3-21-2/h5,8-10H,3-4,6H2,1-2H3,(H2,15,18)/t8-,9-,10+/m0/s1. The number of primary amides is 1. The fourth-order valence-corrected chi connectivity index (χ4v) is 2.53. The lowest BCUT2D eigenvalue weighted by molar-refractivity contribution is -0.223. The molecule has 3 atom stereocenters. The Balaban J connectivity index is 2.01. The van der Waals surface area contributed by atoms with Crippen LogP contribution in [0.2, 0.25) is 0 Å². The van der Waals surface area contributed by atoms with Crippen LogP contribution in [0.4, 0.5) is 9.18 Å². The number of hydroxylamine groups is 2. The number of nitrogens with zero attached hydrogens (tertiary/aromatic N) is 2. The average molecular weight is 331 g/mol. The molecule has 1 saturated heterocycles. The van der Waals surface area contributed by atoms with Crippen molar-refractivity contribution in [2.24, 2.45) is 5.73 Å². The van der Waals surface area contributed by atoms with Crippen LogP contribution in [-0.4, -0.2) is 73.2 Å². The molecule has 2 bridgehead atoms. The first kappa shape index (κ1) is 17.2. The molecule has 0 spiro atoms. The van der Waals surface area contributed by atoms with E-state index in [4.69, 9.17) is 10.6 Å². The maximum atomic E-state index is 13.8. The molecule has 2 heterocycles. The lowest BCUT2D eigenvalue weighted by Gasteiger charge is -2.27. The van der Waals surface area contributed by atoms with Crippen molar-refractivity contribution in [3.63, 3.8) is 0 Å². The van der Waals surface area contributed by atoms with Gasteiger partial charge in [0.2, 0.25) is 5.91 Å². The van der Waals surface area contributed by atoms with Crippen molar-refractivity contribution in [2.75, 3.05) is 26.9 Å². The minimum atomic E-state index is -2.46. The van der Waals surface area contributed by atoms with Gasteiger partial charge in [-0.1, -0.05) is 6.08 Å². The maximum Gasteiger partial charge on any atom is 0.371 e. The highest BCUT2D eigenvalue weighted by atomic mass is 19.1. The second-order valence-corrected chi connectivity index (χ2v) is 5.13. The smallest absolute Gasteiger partial charge is 0.371 e. The van der Waals surface area contributed by atoms with Gasteiger partial charge in [0.15, 0.2) is 0 Å². The summed E-state index contributed by atoms with van der Waals surface area (Å²) < 4.78 is 23.0. The van der Waals surface area contributed by atoms with Crippen LogP contribution in [0.15, 0.2) is 11.6 Å². The van der Waals surface area contributed by atoms with Crippen LogP contribution in [0.1, 0.15) is 6.92 Å². The zero-order chi connectivity index (χ0) is 17.1. The van der Waals surface area contributed by atoms with Crippen molar-refractivity contribution in [3.8, 4) is 0 Å². The van der Waals surface area contributed by atoms with Crippen LogP contribution in [0.25, 0.3) is 0 Å². The predicted octanol–water partition coefficient (Wildman–Crippen LogP) is -0.677. The Hall–Kier alpha value is -2.20. The minimum absolute atomic E-state index is 0.111. The number of halogens is 1. The zero-order valence-corrected chi connectivity index (χ0v) is 12.7. The van der Waals surface area contributed by atoms with Gasteiger partial charge in [-0.2, -0.15) is 5.06 Å². The number of hydrogen-bond acceptors (Lipinski definition) is 6. The lowest BCUT2D eigenvalue weighted by Crippen LogP contribution is -2.48. The zero-order valence-electron chi connectivity index (χ0n) is 12.7. The van der Waals surface area contributed by atoms with Crippen LogP contribution in [-0.2, 0) is 23.9 Å². The molecule has 2 aliphatic heterocycles. The summed E-state index contributed by atoms with van der Waals surface area (Å²) in [4.78, 5) is 41.0. The Morgan fingerprint density at radius 3 is 2.78 bits per heavy atom. The number of carbonyl (C=O) groups is 3. The maximum absolute atomic E-state index is 13.8. The summed E-state index contributed by atoms with van der Waals surface area (Å²) in [6.45, 7) is 1.73. The molecule has 0 aromatic carbocycles. The number of urea groups is 1. The Bertz CT molecular complexity index is 540. The van der Waals surface area contributed by atoms with Gasteiger partial charge >= 0.3 is 18.4 Å². The predicted molar refractivity (Wildman–Crippen MR) is 73.3 cm³/mol. The molecule has 2 N–H and O–H groups in total. The van der Waals surface area contributed by atoms with Crippen molar-refractivity contribution in [1.82, 2.24) is 9.96 Å². The molecule has 0 aromatic heterocycles. The number of amides is 3. The van der Waals surface area contributed by atoms with E-state index in [1.165, 1.54) is 12.0 Å². The summed E-state index contributed by atoms with van der Waals surface area (Å²) in [6.07, 6.45) is -0.878. The van der Waals surface area contributed by atoms with Crippen molar-refractivity contribution in [2.45, 2.75) is 25.4 Å². The average Bonchev–Trinajstić information content (AvgIpc) is 2.72. The summed E-state index contributed by atoms with van der Waals surface area (Å²) in [5, 5.41) is 0.717. The monoisotopic (exact) mass is 331 g/mol. The Labute approximate surface area is 131 Å². The van der Waals surface area contributed by atoms with Gasteiger partial charge in [0.05, 0.1) is 19.2 Å². The molecule has 2 aliphatic rings. The molecule has 23 heavy (non-hydrogen) atoms. The van der Waals surface area contributed by atoms with Gasteiger partial charge in [-0.3, -0.25) is 4.79 Å². The SMILES string of the molecule is COCCOC(=O)[C@H](F)ON1C(=O)N2C[C@@H]1C=C(C)[C@H]2C(N)=O. The van der Waals surface area contributed by atoms with Crippen molar-refractivity contribution in [1.29, 1.82) is 0 Å². The third-order valence-electron chi connectivity index (χ3n) is 3.51. The summed E-state index contributed by atoms with van der Waals surface area (Å²) >= 11 is 0.